The zero-order valence-corrected chi connectivity index (χ0v) is 6.41. The molecule has 62 valence electrons. The van der Waals surface area contributed by atoms with E-state index in [1.165, 1.54) is 13.0 Å². The summed E-state index contributed by atoms with van der Waals surface area (Å²) in [6.45, 7) is 5.10. The van der Waals surface area contributed by atoms with E-state index in [9.17, 15) is 4.79 Å². The molecule has 4 nitrogen and oxygen atoms in total. The predicted octanol–water partition coefficient (Wildman–Crippen LogP) is 0.956. The molecule has 0 aliphatic carbocycles. The molecule has 0 aliphatic rings. The largest absolute Gasteiger partial charge is 0.461 e. The number of carbonyl (C=O) groups is 1. The summed E-state index contributed by atoms with van der Waals surface area (Å²) in [6.07, 6.45) is 1.49. The molecule has 0 fully saturated rings. The maximum Gasteiger partial charge on any atom is 0.311 e. The molecular weight excluding hydrogens is 146 g/mol. The standard InChI is InChI=1S/C7H11NO3/c1-3-4-11-7(9)5-6(2)8-10/h3,10H,1,4-5H2,2H3. The second-order valence-corrected chi connectivity index (χ2v) is 1.98. The lowest BCUT2D eigenvalue weighted by Gasteiger charge is -1.98. The van der Waals surface area contributed by atoms with Crippen molar-refractivity contribution < 1.29 is 14.7 Å². The predicted molar refractivity (Wildman–Crippen MR) is 40.7 cm³/mol. The van der Waals surface area contributed by atoms with Gasteiger partial charge in [0.2, 0.25) is 0 Å². The Balaban J connectivity index is 3.60. The van der Waals surface area contributed by atoms with Gasteiger partial charge in [-0.25, -0.2) is 0 Å². The van der Waals surface area contributed by atoms with Crippen LogP contribution in [0.1, 0.15) is 13.3 Å². The van der Waals surface area contributed by atoms with E-state index in [1.54, 1.807) is 0 Å². The first-order valence-electron chi connectivity index (χ1n) is 3.14. The van der Waals surface area contributed by atoms with Gasteiger partial charge in [-0.2, -0.15) is 0 Å². The van der Waals surface area contributed by atoms with Crippen LogP contribution in [0.2, 0.25) is 0 Å². The first-order valence-corrected chi connectivity index (χ1v) is 3.14. The highest BCUT2D eigenvalue weighted by atomic mass is 16.5. The number of nitrogens with zero attached hydrogens (tertiary/aromatic N) is 1. The molecule has 0 aromatic heterocycles. The molecule has 4 heteroatoms. The first kappa shape index (κ1) is 9.68. The van der Waals surface area contributed by atoms with Crippen LogP contribution in [0, 0.1) is 0 Å². The van der Waals surface area contributed by atoms with Crippen LogP contribution < -0.4 is 0 Å². The van der Waals surface area contributed by atoms with E-state index in [0.29, 0.717) is 5.71 Å². The van der Waals surface area contributed by atoms with Gasteiger partial charge >= 0.3 is 5.97 Å². The maximum atomic E-state index is 10.7. The lowest BCUT2D eigenvalue weighted by atomic mass is 10.3. The molecule has 0 aromatic rings. The van der Waals surface area contributed by atoms with Crippen LogP contribution in [-0.4, -0.2) is 23.5 Å². The van der Waals surface area contributed by atoms with E-state index in [2.05, 4.69) is 16.5 Å². The van der Waals surface area contributed by atoms with Crippen LogP contribution in [0.25, 0.3) is 0 Å². The summed E-state index contributed by atoms with van der Waals surface area (Å²) in [6, 6.07) is 0. The Bertz CT molecular complexity index is 175. The van der Waals surface area contributed by atoms with E-state index in [1.807, 2.05) is 0 Å². The van der Waals surface area contributed by atoms with Crippen molar-refractivity contribution in [2.45, 2.75) is 13.3 Å². The van der Waals surface area contributed by atoms with Crippen molar-refractivity contribution in [1.82, 2.24) is 0 Å². The smallest absolute Gasteiger partial charge is 0.311 e. The molecule has 0 rings (SSSR count). The van der Waals surface area contributed by atoms with Gasteiger partial charge in [0.05, 0.1) is 12.1 Å². The van der Waals surface area contributed by atoms with E-state index >= 15 is 0 Å². The summed E-state index contributed by atoms with van der Waals surface area (Å²) in [5, 5.41) is 11.0. The average Bonchev–Trinajstić information content (AvgIpc) is 2.00. The Morgan fingerprint density at radius 3 is 2.91 bits per heavy atom. The van der Waals surface area contributed by atoms with Gasteiger partial charge in [-0.05, 0) is 6.92 Å². The first-order chi connectivity index (χ1) is 5.20. The molecule has 0 spiro atoms. The molecule has 0 aliphatic heterocycles. The van der Waals surface area contributed by atoms with Crippen molar-refractivity contribution in [3.63, 3.8) is 0 Å². The van der Waals surface area contributed by atoms with Crippen LogP contribution in [-0.2, 0) is 9.53 Å². The monoisotopic (exact) mass is 157 g/mol. The summed E-state index contributed by atoms with van der Waals surface area (Å²) >= 11 is 0. The molecule has 11 heavy (non-hydrogen) atoms. The Hall–Kier alpha value is -1.32. The summed E-state index contributed by atoms with van der Waals surface area (Å²) in [5.41, 5.74) is 0.332. The van der Waals surface area contributed by atoms with Gasteiger partial charge < -0.3 is 9.94 Å². The quantitative estimate of drug-likeness (QED) is 0.217. The van der Waals surface area contributed by atoms with E-state index in [-0.39, 0.29) is 13.0 Å². The average molecular weight is 157 g/mol. The van der Waals surface area contributed by atoms with Crippen molar-refractivity contribution in [3.05, 3.63) is 12.7 Å². The lowest BCUT2D eigenvalue weighted by Crippen LogP contribution is -2.08. The normalized spacial score (nSPS) is 10.8. The van der Waals surface area contributed by atoms with Gasteiger partial charge in [-0.1, -0.05) is 17.8 Å². The van der Waals surface area contributed by atoms with Gasteiger partial charge in [0, 0.05) is 0 Å². The van der Waals surface area contributed by atoms with Gasteiger partial charge in [0.1, 0.15) is 6.61 Å². The van der Waals surface area contributed by atoms with Gasteiger partial charge in [-0.3, -0.25) is 4.79 Å². The summed E-state index contributed by atoms with van der Waals surface area (Å²) in [4.78, 5) is 10.7. The van der Waals surface area contributed by atoms with Crippen molar-refractivity contribution in [2.24, 2.45) is 5.16 Å². The molecule has 0 unspecified atom stereocenters. The number of ether oxygens (including phenoxy) is 1. The van der Waals surface area contributed by atoms with E-state index < -0.39 is 5.97 Å². The third kappa shape index (κ3) is 5.14. The summed E-state index contributed by atoms with van der Waals surface area (Å²) in [7, 11) is 0. The van der Waals surface area contributed by atoms with Crippen molar-refractivity contribution in [3.8, 4) is 0 Å². The highest BCUT2D eigenvalue weighted by molar-refractivity contribution is 5.97. The molecule has 0 radical (unpaired) electrons. The van der Waals surface area contributed by atoms with Crippen LogP contribution in [0.4, 0.5) is 0 Å². The molecule has 0 aromatic carbocycles. The fraction of sp³-hybridized carbons (Fsp3) is 0.429. The van der Waals surface area contributed by atoms with Crippen molar-refractivity contribution >= 4 is 11.7 Å². The fourth-order valence-corrected chi connectivity index (χ4v) is 0.447. The SMILES string of the molecule is C=CCOC(=O)CC(C)=NO. The second kappa shape index (κ2) is 5.46. The number of hydrogen-bond donors (Lipinski definition) is 1. The molecule has 0 saturated heterocycles. The zero-order valence-electron chi connectivity index (χ0n) is 6.41. The molecular formula is C7H11NO3. The minimum Gasteiger partial charge on any atom is -0.461 e. The lowest BCUT2D eigenvalue weighted by molar-refractivity contribution is -0.140. The van der Waals surface area contributed by atoms with Crippen LogP contribution in [0.5, 0.6) is 0 Å². The minimum absolute atomic E-state index is 0.0182. The summed E-state index contributed by atoms with van der Waals surface area (Å²) in [5.74, 6) is -0.416. The maximum absolute atomic E-state index is 10.7. The Kier molecular flexibility index (Phi) is 4.81. The Labute approximate surface area is 65.2 Å². The Morgan fingerprint density at radius 1 is 1.82 bits per heavy atom. The van der Waals surface area contributed by atoms with Crippen LogP contribution in [0.15, 0.2) is 17.8 Å². The number of carbonyl (C=O) groups excluding carboxylic acids is 1. The van der Waals surface area contributed by atoms with Crippen molar-refractivity contribution in [2.75, 3.05) is 6.61 Å². The van der Waals surface area contributed by atoms with Crippen LogP contribution >= 0.6 is 0 Å². The molecule has 0 heterocycles. The van der Waals surface area contributed by atoms with E-state index in [4.69, 9.17) is 5.21 Å². The number of esters is 1. The highest BCUT2D eigenvalue weighted by Crippen LogP contribution is 1.89. The van der Waals surface area contributed by atoms with Crippen molar-refractivity contribution in [1.29, 1.82) is 0 Å². The van der Waals surface area contributed by atoms with Gasteiger partial charge in [-0.15, -0.1) is 0 Å². The summed E-state index contributed by atoms with van der Waals surface area (Å²) < 4.78 is 4.61. The highest BCUT2D eigenvalue weighted by Gasteiger charge is 2.03. The topological polar surface area (TPSA) is 58.9 Å². The Morgan fingerprint density at radius 2 is 2.45 bits per heavy atom. The zero-order chi connectivity index (χ0) is 8.69. The third-order valence-corrected chi connectivity index (χ3v) is 0.933. The molecule has 0 atom stereocenters. The molecule has 1 N–H and O–H groups in total. The number of rotatable bonds is 4. The minimum atomic E-state index is -0.416. The molecule has 0 bridgehead atoms. The fourth-order valence-electron chi connectivity index (χ4n) is 0.447. The van der Waals surface area contributed by atoms with E-state index in [0.717, 1.165) is 0 Å². The number of hydrogen-bond acceptors (Lipinski definition) is 4. The van der Waals surface area contributed by atoms with Gasteiger partial charge in [0.15, 0.2) is 0 Å². The molecule has 0 amide bonds. The number of oxime groups is 1. The van der Waals surface area contributed by atoms with Gasteiger partial charge in [0.25, 0.3) is 0 Å². The molecule has 0 saturated carbocycles. The second-order valence-electron chi connectivity index (χ2n) is 1.98. The third-order valence-electron chi connectivity index (χ3n) is 0.933. The van der Waals surface area contributed by atoms with Crippen LogP contribution in [0.3, 0.4) is 0 Å².